The minimum atomic E-state index is -0.0672. The van der Waals surface area contributed by atoms with Gasteiger partial charge in [0.25, 0.3) is 0 Å². The molecule has 24 heavy (non-hydrogen) atoms. The SMILES string of the molecule is CCOc1cc(C)ccc1NC(=O)N1CCCC1Cn1ccnc1. The van der Waals surface area contributed by atoms with Gasteiger partial charge < -0.3 is 19.5 Å². The first-order chi connectivity index (χ1) is 11.7. The number of urea groups is 1. The predicted octanol–water partition coefficient (Wildman–Crippen LogP) is 3.29. The first-order valence-corrected chi connectivity index (χ1v) is 8.44. The highest BCUT2D eigenvalue weighted by Gasteiger charge is 2.29. The van der Waals surface area contributed by atoms with Crippen molar-refractivity contribution in [2.24, 2.45) is 0 Å². The Hall–Kier alpha value is -2.50. The van der Waals surface area contributed by atoms with Crippen molar-refractivity contribution in [2.45, 2.75) is 39.3 Å². The van der Waals surface area contributed by atoms with Crippen LogP contribution in [0.15, 0.2) is 36.9 Å². The Morgan fingerprint density at radius 2 is 2.33 bits per heavy atom. The first kappa shape index (κ1) is 16.4. The van der Waals surface area contributed by atoms with Crippen molar-refractivity contribution in [3.63, 3.8) is 0 Å². The molecule has 0 saturated carbocycles. The van der Waals surface area contributed by atoms with Crippen molar-refractivity contribution in [3.8, 4) is 5.75 Å². The van der Waals surface area contributed by atoms with E-state index in [4.69, 9.17) is 4.74 Å². The highest BCUT2D eigenvalue weighted by molar-refractivity contribution is 5.91. The Morgan fingerprint density at radius 3 is 3.08 bits per heavy atom. The van der Waals surface area contributed by atoms with E-state index >= 15 is 0 Å². The molecule has 1 aliphatic rings. The molecule has 1 unspecified atom stereocenters. The zero-order valence-corrected chi connectivity index (χ0v) is 14.2. The Morgan fingerprint density at radius 1 is 1.46 bits per heavy atom. The normalized spacial score (nSPS) is 17.1. The van der Waals surface area contributed by atoms with E-state index in [1.165, 1.54) is 0 Å². The molecule has 2 aromatic rings. The Bertz CT molecular complexity index is 684. The van der Waals surface area contributed by atoms with Gasteiger partial charge in [-0.05, 0) is 44.4 Å². The van der Waals surface area contributed by atoms with Gasteiger partial charge in [0.1, 0.15) is 5.75 Å². The van der Waals surface area contributed by atoms with E-state index in [-0.39, 0.29) is 12.1 Å². The molecule has 1 atom stereocenters. The van der Waals surface area contributed by atoms with Crippen molar-refractivity contribution < 1.29 is 9.53 Å². The number of carbonyl (C=O) groups excluding carboxylic acids is 1. The zero-order chi connectivity index (χ0) is 16.9. The number of aromatic nitrogens is 2. The lowest BCUT2D eigenvalue weighted by Gasteiger charge is -2.25. The van der Waals surface area contributed by atoms with Crippen LogP contribution in [0.3, 0.4) is 0 Å². The molecule has 128 valence electrons. The monoisotopic (exact) mass is 328 g/mol. The number of ether oxygens (including phenoxy) is 1. The number of imidazole rings is 1. The second kappa shape index (κ2) is 7.38. The van der Waals surface area contributed by atoms with Gasteiger partial charge >= 0.3 is 6.03 Å². The number of carbonyl (C=O) groups is 1. The van der Waals surface area contributed by atoms with Crippen LogP contribution in [0, 0.1) is 6.92 Å². The second-order valence-corrected chi connectivity index (χ2v) is 6.11. The Labute approximate surface area is 142 Å². The fourth-order valence-electron chi connectivity index (χ4n) is 3.13. The number of benzene rings is 1. The molecule has 1 saturated heterocycles. The number of aryl methyl sites for hydroxylation is 1. The minimum Gasteiger partial charge on any atom is -0.492 e. The summed E-state index contributed by atoms with van der Waals surface area (Å²) in [6.07, 6.45) is 7.53. The average molecular weight is 328 g/mol. The molecule has 6 nitrogen and oxygen atoms in total. The second-order valence-electron chi connectivity index (χ2n) is 6.11. The topological polar surface area (TPSA) is 59.4 Å². The van der Waals surface area contributed by atoms with Gasteiger partial charge in [0, 0.05) is 25.5 Å². The van der Waals surface area contributed by atoms with Crippen LogP contribution in [0.1, 0.15) is 25.3 Å². The van der Waals surface area contributed by atoms with Crippen LogP contribution in [0.25, 0.3) is 0 Å². The molecule has 0 bridgehead atoms. The van der Waals surface area contributed by atoms with E-state index < -0.39 is 0 Å². The molecule has 0 spiro atoms. The molecule has 1 N–H and O–H groups in total. The summed E-state index contributed by atoms with van der Waals surface area (Å²) >= 11 is 0. The van der Waals surface area contributed by atoms with Crippen LogP contribution in [-0.4, -0.2) is 39.7 Å². The molecule has 1 aromatic heterocycles. The number of likely N-dealkylation sites (tertiary alicyclic amines) is 1. The van der Waals surface area contributed by atoms with E-state index in [0.717, 1.165) is 42.9 Å². The van der Waals surface area contributed by atoms with Crippen molar-refractivity contribution in [3.05, 3.63) is 42.5 Å². The third-order valence-electron chi connectivity index (χ3n) is 4.30. The van der Waals surface area contributed by atoms with E-state index in [0.29, 0.717) is 6.61 Å². The molecule has 0 radical (unpaired) electrons. The summed E-state index contributed by atoms with van der Waals surface area (Å²) in [5.41, 5.74) is 1.83. The van der Waals surface area contributed by atoms with E-state index in [1.807, 2.05) is 47.7 Å². The fourth-order valence-corrected chi connectivity index (χ4v) is 3.13. The van der Waals surface area contributed by atoms with Gasteiger partial charge in [0.2, 0.25) is 0 Å². The van der Waals surface area contributed by atoms with Gasteiger partial charge in [-0.3, -0.25) is 0 Å². The number of nitrogens with zero attached hydrogens (tertiary/aromatic N) is 3. The number of nitrogens with one attached hydrogen (secondary N) is 1. The summed E-state index contributed by atoms with van der Waals surface area (Å²) in [7, 11) is 0. The molecule has 1 aromatic carbocycles. The van der Waals surface area contributed by atoms with Crippen LogP contribution in [0.5, 0.6) is 5.75 Å². The molecule has 2 heterocycles. The summed E-state index contributed by atoms with van der Waals surface area (Å²) in [6.45, 7) is 6.07. The highest BCUT2D eigenvalue weighted by atomic mass is 16.5. The largest absolute Gasteiger partial charge is 0.492 e. The molecule has 3 rings (SSSR count). The van der Waals surface area contributed by atoms with Gasteiger partial charge in [-0.25, -0.2) is 9.78 Å². The van der Waals surface area contributed by atoms with E-state index in [9.17, 15) is 4.79 Å². The lowest BCUT2D eigenvalue weighted by atomic mass is 10.2. The van der Waals surface area contributed by atoms with Gasteiger partial charge in [-0.1, -0.05) is 6.07 Å². The third kappa shape index (κ3) is 3.69. The molecule has 6 heteroatoms. The maximum Gasteiger partial charge on any atom is 0.322 e. The number of rotatable bonds is 5. The van der Waals surface area contributed by atoms with Crippen molar-refractivity contribution in [2.75, 3.05) is 18.5 Å². The van der Waals surface area contributed by atoms with Crippen molar-refractivity contribution in [1.29, 1.82) is 0 Å². The molecule has 1 fully saturated rings. The van der Waals surface area contributed by atoms with Crippen LogP contribution >= 0.6 is 0 Å². The molecule has 2 amide bonds. The summed E-state index contributed by atoms with van der Waals surface area (Å²) < 4.78 is 7.67. The Balaban J connectivity index is 1.70. The molecule has 1 aliphatic heterocycles. The third-order valence-corrected chi connectivity index (χ3v) is 4.30. The minimum absolute atomic E-state index is 0.0672. The van der Waals surface area contributed by atoms with E-state index in [1.54, 1.807) is 12.5 Å². The van der Waals surface area contributed by atoms with Gasteiger partial charge in [-0.15, -0.1) is 0 Å². The number of hydrogen-bond donors (Lipinski definition) is 1. The first-order valence-electron chi connectivity index (χ1n) is 8.44. The standard InChI is InChI=1S/C18H24N4O2/c1-3-24-17-11-14(2)6-7-16(17)20-18(23)22-9-4-5-15(22)12-21-10-8-19-13-21/h6-8,10-11,13,15H,3-5,9,12H2,1-2H3,(H,20,23). The smallest absolute Gasteiger partial charge is 0.322 e. The summed E-state index contributed by atoms with van der Waals surface area (Å²) in [4.78, 5) is 18.7. The van der Waals surface area contributed by atoms with Crippen LogP contribution in [0.2, 0.25) is 0 Å². The number of anilines is 1. The quantitative estimate of drug-likeness (QED) is 0.916. The molecular weight excluding hydrogens is 304 g/mol. The fraction of sp³-hybridized carbons (Fsp3) is 0.444. The number of hydrogen-bond acceptors (Lipinski definition) is 3. The molecule has 0 aliphatic carbocycles. The summed E-state index contributed by atoms with van der Waals surface area (Å²) in [5.74, 6) is 0.719. The van der Waals surface area contributed by atoms with Crippen LogP contribution < -0.4 is 10.1 Å². The highest BCUT2D eigenvalue weighted by Crippen LogP contribution is 2.27. The zero-order valence-electron chi connectivity index (χ0n) is 14.2. The number of amides is 2. The average Bonchev–Trinajstić information content (AvgIpc) is 3.22. The molecular formula is C18H24N4O2. The maximum absolute atomic E-state index is 12.7. The van der Waals surface area contributed by atoms with Crippen molar-refractivity contribution in [1.82, 2.24) is 14.5 Å². The lowest BCUT2D eigenvalue weighted by Crippen LogP contribution is -2.40. The van der Waals surface area contributed by atoms with Crippen LogP contribution in [0.4, 0.5) is 10.5 Å². The van der Waals surface area contributed by atoms with Gasteiger partial charge in [0.05, 0.1) is 24.7 Å². The predicted molar refractivity (Wildman–Crippen MR) is 93.3 cm³/mol. The lowest BCUT2D eigenvalue weighted by molar-refractivity contribution is 0.201. The summed E-state index contributed by atoms with van der Waals surface area (Å²) in [5, 5.41) is 3.01. The Kier molecular flexibility index (Phi) is 5.03. The van der Waals surface area contributed by atoms with Crippen molar-refractivity contribution >= 4 is 11.7 Å². The van der Waals surface area contributed by atoms with E-state index in [2.05, 4.69) is 10.3 Å². The summed E-state index contributed by atoms with van der Waals surface area (Å²) in [6, 6.07) is 5.96. The maximum atomic E-state index is 12.7. The van der Waals surface area contributed by atoms with Crippen LogP contribution in [-0.2, 0) is 6.54 Å². The van der Waals surface area contributed by atoms with Gasteiger partial charge in [-0.2, -0.15) is 0 Å². The van der Waals surface area contributed by atoms with Gasteiger partial charge in [0.15, 0.2) is 0 Å².